The maximum atomic E-state index is 9.94. The van der Waals surface area contributed by atoms with Crippen LogP contribution in [0, 0.1) is 10.8 Å². The summed E-state index contributed by atoms with van der Waals surface area (Å²) in [6.07, 6.45) is 4.67. The molecule has 3 rings (SSSR count). The number of aliphatic hydroxyl groups is 1. The van der Waals surface area contributed by atoms with Gasteiger partial charge in [0.05, 0.1) is 24.2 Å². The highest BCUT2D eigenvalue weighted by Gasteiger charge is 2.70. The first kappa shape index (κ1) is 8.89. The molecule has 14 heavy (non-hydrogen) atoms. The summed E-state index contributed by atoms with van der Waals surface area (Å²) in [5.41, 5.74) is -0.257. The van der Waals surface area contributed by atoms with Crippen molar-refractivity contribution in [1.82, 2.24) is 0 Å². The fraction of sp³-hybridized carbons (Fsp3) is 0.818. The Balaban J connectivity index is 2.13. The minimum absolute atomic E-state index is 0.00810. The summed E-state index contributed by atoms with van der Waals surface area (Å²) in [7, 11) is 0. The third-order valence-corrected chi connectivity index (χ3v) is 4.61. The van der Waals surface area contributed by atoms with Crippen molar-refractivity contribution in [3.05, 3.63) is 12.2 Å². The molecule has 0 aromatic heterocycles. The third-order valence-electron chi connectivity index (χ3n) is 4.61. The van der Waals surface area contributed by atoms with Crippen molar-refractivity contribution < 1.29 is 14.6 Å². The van der Waals surface area contributed by atoms with Gasteiger partial charge in [-0.05, 0) is 6.42 Å². The smallest absolute Gasteiger partial charge is 0.163 e. The van der Waals surface area contributed by atoms with Crippen molar-refractivity contribution in [3.63, 3.8) is 0 Å². The topological polar surface area (TPSA) is 38.7 Å². The molecule has 3 heteroatoms. The average molecular weight is 196 g/mol. The maximum Gasteiger partial charge on any atom is 0.163 e. The molecule has 3 heterocycles. The van der Waals surface area contributed by atoms with E-state index in [2.05, 4.69) is 26.0 Å². The quantitative estimate of drug-likeness (QED) is 0.638. The minimum atomic E-state index is -0.678. The molecule has 3 aliphatic heterocycles. The van der Waals surface area contributed by atoms with Gasteiger partial charge in [0.25, 0.3) is 0 Å². The normalized spacial score (nSPS) is 59.5. The fourth-order valence-electron chi connectivity index (χ4n) is 3.40. The van der Waals surface area contributed by atoms with E-state index in [0.29, 0.717) is 6.61 Å². The molecule has 3 aliphatic rings. The van der Waals surface area contributed by atoms with Gasteiger partial charge in [-0.15, -0.1) is 0 Å². The molecule has 0 spiro atoms. The summed E-state index contributed by atoms with van der Waals surface area (Å²) in [4.78, 5) is 0. The zero-order valence-electron chi connectivity index (χ0n) is 8.56. The van der Waals surface area contributed by atoms with E-state index in [0.717, 1.165) is 6.42 Å². The fourth-order valence-corrected chi connectivity index (χ4v) is 3.40. The molecular formula is C11H16O3. The van der Waals surface area contributed by atoms with Crippen molar-refractivity contribution >= 4 is 0 Å². The van der Waals surface area contributed by atoms with Crippen molar-refractivity contribution in [3.8, 4) is 0 Å². The van der Waals surface area contributed by atoms with Gasteiger partial charge < -0.3 is 14.6 Å². The van der Waals surface area contributed by atoms with Gasteiger partial charge in [-0.2, -0.15) is 0 Å². The van der Waals surface area contributed by atoms with Crippen molar-refractivity contribution in [2.24, 2.45) is 10.8 Å². The number of hydrogen-bond acceptors (Lipinski definition) is 3. The highest BCUT2D eigenvalue weighted by Crippen LogP contribution is 2.63. The standard InChI is InChI=1S/C11H16O3/c1-3-11-6-13-9(12)10(11,2)7-4-5-8(11)14-7/h4-5,7-9,12H,3,6H2,1-2H3. The van der Waals surface area contributed by atoms with Gasteiger partial charge in [0, 0.05) is 5.41 Å². The highest BCUT2D eigenvalue weighted by atomic mass is 16.6. The van der Waals surface area contributed by atoms with Crippen LogP contribution in [0.1, 0.15) is 20.3 Å². The van der Waals surface area contributed by atoms with Gasteiger partial charge >= 0.3 is 0 Å². The van der Waals surface area contributed by atoms with Crippen molar-refractivity contribution in [1.29, 1.82) is 0 Å². The molecule has 0 aliphatic carbocycles. The summed E-state index contributed by atoms with van der Waals surface area (Å²) < 4.78 is 11.3. The SMILES string of the molecule is CCC12COC(O)C1(C)C1C=CC2O1. The number of fused-ring (bicyclic) bond motifs is 5. The Hall–Kier alpha value is -0.380. The van der Waals surface area contributed by atoms with Crippen LogP contribution in [-0.4, -0.2) is 30.2 Å². The van der Waals surface area contributed by atoms with Crippen molar-refractivity contribution in [2.75, 3.05) is 6.61 Å². The lowest BCUT2D eigenvalue weighted by Crippen LogP contribution is -2.48. The lowest BCUT2D eigenvalue weighted by atomic mass is 9.59. The van der Waals surface area contributed by atoms with E-state index in [1.165, 1.54) is 0 Å². The predicted octanol–water partition coefficient (Wildman–Crippen LogP) is 1.07. The summed E-state index contributed by atoms with van der Waals surface area (Å²) >= 11 is 0. The molecule has 0 radical (unpaired) electrons. The Morgan fingerprint density at radius 3 is 2.79 bits per heavy atom. The Labute approximate surface area is 83.7 Å². The van der Waals surface area contributed by atoms with Gasteiger partial charge in [-0.25, -0.2) is 0 Å². The van der Waals surface area contributed by atoms with E-state index < -0.39 is 6.29 Å². The molecule has 3 nitrogen and oxygen atoms in total. The molecule has 5 atom stereocenters. The number of rotatable bonds is 1. The van der Waals surface area contributed by atoms with Crippen LogP contribution in [0.3, 0.4) is 0 Å². The molecule has 0 amide bonds. The monoisotopic (exact) mass is 196 g/mol. The van der Waals surface area contributed by atoms with E-state index in [4.69, 9.17) is 9.47 Å². The van der Waals surface area contributed by atoms with Gasteiger partial charge in [0.15, 0.2) is 6.29 Å². The molecule has 0 aromatic rings. The second-order valence-electron chi connectivity index (χ2n) is 4.82. The molecule has 2 fully saturated rings. The largest absolute Gasteiger partial charge is 0.367 e. The first-order valence-corrected chi connectivity index (χ1v) is 5.28. The number of ether oxygens (including phenoxy) is 2. The van der Waals surface area contributed by atoms with Crippen LogP contribution in [0.25, 0.3) is 0 Å². The zero-order chi connectivity index (χ0) is 9.97. The van der Waals surface area contributed by atoms with Crippen LogP contribution in [0.4, 0.5) is 0 Å². The van der Waals surface area contributed by atoms with E-state index in [1.54, 1.807) is 0 Å². The van der Waals surface area contributed by atoms with Crippen LogP contribution in [0.5, 0.6) is 0 Å². The van der Waals surface area contributed by atoms with Gasteiger partial charge in [-0.3, -0.25) is 0 Å². The maximum absolute atomic E-state index is 9.94. The summed E-state index contributed by atoms with van der Waals surface area (Å²) in [6.45, 7) is 4.85. The van der Waals surface area contributed by atoms with Crippen LogP contribution in [-0.2, 0) is 9.47 Å². The highest BCUT2D eigenvalue weighted by molar-refractivity contribution is 5.27. The molecule has 1 N–H and O–H groups in total. The van der Waals surface area contributed by atoms with Crippen molar-refractivity contribution in [2.45, 2.75) is 38.8 Å². The second-order valence-corrected chi connectivity index (χ2v) is 4.82. The molecule has 5 unspecified atom stereocenters. The summed E-state index contributed by atoms with van der Waals surface area (Å²) in [5, 5.41) is 9.94. The molecule has 0 aromatic carbocycles. The lowest BCUT2D eigenvalue weighted by molar-refractivity contribution is -0.134. The van der Waals surface area contributed by atoms with E-state index in [-0.39, 0.29) is 23.0 Å². The van der Waals surface area contributed by atoms with Crippen LogP contribution < -0.4 is 0 Å². The van der Waals surface area contributed by atoms with Crippen LogP contribution in [0.2, 0.25) is 0 Å². The Bertz CT molecular complexity index is 289. The summed E-state index contributed by atoms with van der Waals surface area (Å²) in [6, 6.07) is 0. The minimum Gasteiger partial charge on any atom is -0.367 e. The Morgan fingerprint density at radius 2 is 2.14 bits per heavy atom. The molecule has 2 saturated heterocycles. The average Bonchev–Trinajstić information content (AvgIpc) is 2.80. The second kappa shape index (κ2) is 2.40. The summed E-state index contributed by atoms with van der Waals surface area (Å²) in [5.74, 6) is 0. The van der Waals surface area contributed by atoms with Gasteiger partial charge in [0.2, 0.25) is 0 Å². The van der Waals surface area contributed by atoms with E-state index >= 15 is 0 Å². The third kappa shape index (κ3) is 0.658. The first-order chi connectivity index (χ1) is 6.65. The molecule has 2 bridgehead atoms. The predicted molar refractivity (Wildman–Crippen MR) is 50.6 cm³/mol. The van der Waals surface area contributed by atoms with E-state index in [9.17, 15) is 5.11 Å². The first-order valence-electron chi connectivity index (χ1n) is 5.28. The van der Waals surface area contributed by atoms with Gasteiger partial charge in [-0.1, -0.05) is 26.0 Å². The van der Waals surface area contributed by atoms with Crippen LogP contribution >= 0.6 is 0 Å². The molecule has 78 valence electrons. The molecular weight excluding hydrogens is 180 g/mol. The Morgan fingerprint density at radius 1 is 1.43 bits per heavy atom. The van der Waals surface area contributed by atoms with E-state index in [1.807, 2.05) is 0 Å². The Kier molecular flexibility index (Phi) is 1.53. The van der Waals surface area contributed by atoms with Crippen LogP contribution in [0.15, 0.2) is 12.2 Å². The number of hydrogen-bond donors (Lipinski definition) is 1. The molecule has 0 saturated carbocycles. The zero-order valence-corrected chi connectivity index (χ0v) is 8.56. The number of aliphatic hydroxyl groups excluding tert-OH is 1. The lowest BCUT2D eigenvalue weighted by Gasteiger charge is -2.40. The van der Waals surface area contributed by atoms with Gasteiger partial charge in [0.1, 0.15) is 0 Å².